The van der Waals surface area contributed by atoms with Crippen LogP contribution in [0.4, 0.5) is 4.39 Å². The first-order valence-corrected chi connectivity index (χ1v) is 5.85. The van der Waals surface area contributed by atoms with Gasteiger partial charge in [0.05, 0.1) is 0 Å². The van der Waals surface area contributed by atoms with Crippen LogP contribution in [0.3, 0.4) is 0 Å². The molecule has 1 atom stereocenters. The van der Waals surface area contributed by atoms with E-state index < -0.39 is 0 Å². The second-order valence-corrected chi connectivity index (χ2v) is 4.26. The summed E-state index contributed by atoms with van der Waals surface area (Å²) in [7, 11) is 0. The first kappa shape index (κ1) is 10.6. The molecule has 1 aromatic rings. The topological polar surface area (TPSA) is 12.0 Å². The third-order valence-corrected chi connectivity index (χ3v) is 3.06. The normalized spacial score (nSPS) is 23.1. The predicted octanol–water partition coefficient (Wildman–Crippen LogP) is 3.42. The van der Waals surface area contributed by atoms with Crippen molar-refractivity contribution in [3.63, 3.8) is 0 Å². The Balaban J connectivity index is 2.06. The molecule has 2 rings (SSSR count). The number of rotatable bonds is 1. The summed E-state index contributed by atoms with van der Waals surface area (Å²) in [6.07, 6.45) is 6.25. The molecule has 0 spiro atoms. The molecule has 0 bridgehead atoms. The van der Waals surface area contributed by atoms with Gasteiger partial charge in [0.15, 0.2) is 0 Å². The molecule has 82 valence electrons. The molecule has 0 saturated carbocycles. The van der Waals surface area contributed by atoms with E-state index in [0.29, 0.717) is 6.04 Å². The van der Waals surface area contributed by atoms with Gasteiger partial charge in [-0.3, -0.25) is 0 Å². The van der Waals surface area contributed by atoms with Crippen LogP contribution in [-0.4, -0.2) is 6.54 Å². The van der Waals surface area contributed by atoms with E-state index in [1.165, 1.54) is 31.7 Å². The molecule has 1 aromatic carbocycles. The standard InChI is InChI=1S/C13H18FN/c14-12-7-5-6-11(10-12)13-8-3-1-2-4-9-15-13/h5-7,10,13,15H,1-4,8-9H2. The fourth-order valence-electron chi connectivity index (χ4n) is 2.21. The molecule has 1 aliphatic rings. The van der Waals surface area contributed by atoms with Crippen molar-refractivity contribution in [2.24, 2.45) is 0 Å². The van der Waals surface area contributed by atoms with Crippen molar-refractivity contribution in [2.45, 2.75) is 38.1 Å². The quantitative estimate of drug-likeness (QED) is 0.744. The minimum atomic E-state index is -0.128. The lowest BCUT2D eigenvalue weighted by atomic mass is 9.98. The van der Waals surface area contributed by atoms with Crippen molar-refractivity contribution in [1.82, 2.24) is 5.32 Å². The molecular formula is C13H18FN. The van der Waals surface area contributed by atoms with Gasteiger partial charge >= 0.3 is 0 Å². The summed E-state index contributed by atoms with van der Waals surface area (Å²) in [5, 5.41) is 3.50. The summed E-state index contributed by atoms with van der Waals surface area (Å²) in [6, 6.07) is 7.32. The summed E-state index contributed by atoms with van der Waals surface area (Å²) in [6.45, 7) is 1.06. The van der Waals surface area contributed by atoms with Crippen molar-refractivity contribution in [3.05, 3.63) is 35.6 Å². The lowest BCUT2D eigenvalue weighted by Gasteiger charge is -2.21. The largest absolute Gasteiger partial charge is 0.310 e. The molecule has 0 amide bonds. The maximum Gasteiger partial charge on any atom is 0.123 e. The van der Waals surface area contributed by atoms with Crippen LogP contribution in [0, 0.1) is 5.82 Å². The van der Waals surface area contributed by atoms with E-state index in [1.54, 1.807) is 12.1 Å². The molecule has 1 N–H and O–H groups in total. The van der Waals surface area contributed by atoms with Crippen LogP contribution in [-0.2, 0) is 0 Å². The van der Waals surface area contributed by atoms with E-state index in [2.05, 4.69) is 5.32 Å². The van der Waals surface area contributed by atoms with Crippen LogP contribution >= 0.6 is 0 Å². The summed E-state index contributed by atoms with van der Waals surface area (Å²) >= 11 is 0. The fourth-order valence-corrected chi connectivity index (χ4v) is 2.21. The molecule has 1 unspecified atom stereocenters. The second-order valence-electron chi connectivity index (χ2n) is 4.26. The number of nitrogens with one attached hydrogen (secondary N) is 1. The number of hydrogen-bond donors (Lipinski definition) is 1. The van der Waals surface area contributed by atoms with Crippen LogP contribution in [0.1, 0.15) is 43.7 Å². The van der Waals surface area contributed by atoms with E-state index in [0.717, 1.165) is 18.5 Å². The second kappa shape index (κ2) is 5.26. The smallest absolute Gasteiger partial charge is 0.123 e. The lowest BCUT2D eigenvalue weighted by molar-refractivity contribution is 0.426. The monoisotopic (exact) mass is 207 g/mol. The third-order valence-electron chi connectivity index (χ3n) is 3.06. The minimum Gasteiger partial charge on any atom is -0.310 e. The Morgan fingerprint density at radius 2 is 2.00 bits per heavy atom. The summed E-state index contributed by atoms with van der Waals surface area (Å²) in [4.78, 5) is 0. The van der Waals surface area contributed by atoms with E-state index >= 15 is 0 Å². The van der Waals surface area contributed by atoms with E-state index in [1.807, 2.05) is 6.07 Å². The molecular weight excluding hydrogens is 189 g/mol. The van der Waals surface area contributed by atoms with Crippen LogP contribution in [0.5, 0.6) is 0 Å². The van der Waals surface area contributed by atoms with E-state index in [9.17, 15) is 4.39 Å². The highest BCUT2D eigenvalue weighted by Crippen LogP contribution is 2.22. The summed E-state index contributed by atoms with van der Waals surface area (Å²) in [5.74, 6) is -0.128. The molecule has 2 heteroatoms. The first-order valence-electron chi connectivity index (χ1n) is 5.85. The van der Waals surface area contributed by atoms with Gasteiger partial charge in [-0.1, -0.05) is 31.4 Å². The highest BCUT2D eigenvalue weighted by molar-refractivity contribution is 5.20. The Kier molecular flexibility index (Phi) is 3.73. The van der Waals surface area contributed by atoms with Crippen LogP contribution in [0.15, 0.2) is 24.3 Å². The number of hydrogen-bond acceptors (Lipinski definition) is 1. The Morgan fingerprint density at radius 3 is 2.87 bits per heavy atom. The van der Waals surface area contributed by atoms with Crippen molar-refractivity contribution >= 4 is 0 Å². The lowest BCUT2D eigenvalue weighted by Crippen LogP contribution is -2.24. The van der Waals surface area contributed by atoms with Gasteiger partial charge in [-0.2, -0.15) is 0 Å². The van der Waals surface area contributed by atoms with E-state index in [-0.39, 0.29) is 5.82 Å². The van der Waals surface area contributed by atoms with Crippen molar-refractivity contribution < 1.29 is 4.39 Å². The predicted molar refractivity (Wildman–Crippen MR) is 60.2 cm³/mol. The van der Waals surface area contributed by atoms with Gasteiger partial charge in [0.25, 0.3) is 0 Å². The Hall–Kier alpha value is -0.890. The SMILES string of the molecule is Fc1cccc(C2CCCCCCN2)c1. The molecule has 0 aromatic heterocycles. The van der Waals surface area contributed by atoms with Crippen LogP contribution in [0.25, 0.3) is 0 Å². The molecule has 1 saturated heterocycles. The average molecular weight is 207 g/mol. The van der Waals surface area contributed by atoms with Crippen molar-refractivity contribution in [3.8, 4) is 0 Å². The Morgan fingerprint density at radius 1 is 1.13 bits per heavy atom. The zero-order valence-corrected chi connectivity index (χ0v) is 9.01. The van der Waals surface area contributed by atoms with Gasteiger partial charge in [0, 0.05) is 6.04 Å². The number of halogens is 1. The van der Waals surface area contributed by atoms with Gasteiger partial charge in [0.2, 0.25) is 0 Å². The van der Waals surface area contributed by atoms with Crippen LogP contribution < -0.4 is 5.32 Å². The van der Waals surface area contributed by atoms with Gasteiger partial charge in [-0.05, 0) is 37.1 Å². The summed E-state index contributed by atoms with van der Waals surface area (Å²) in [5.41, 5.74) is 1.09. The fraction of sp³-hybridized carbons (Fsp3) is 0.538. The molecule has 0 radical (unpaired) electrons. The average Bonchev–Trinajstić information content (AvgIpc) is 2.16. The van der Waals surface area contributed by atoms with E-state index in [4.69, 9.17) is 0 Å². The molecule has 1 aliphatic heterocycles. The van der Waals surface area contributed by atoms with Crippen molar-refractivity contribution in [2.75, 3.05) is 6.54 Å². The third kappa shape index (κ3) is 3.03. The van der Waals surface area contributed by atoms with Gasteiger partial charge in [0.1, 0.15) is 5.82 Å². The first-order chi connectivity index (χ1) is 7.36. The minimum absolute atomic E-state index is 0.128. The van der Waals surface area contributed by atoms with Gasteiger partial charge in [-0.25, -0.2) is 4.39 Å². The molecule has 1 fully saturated rings. The molecule has 1 heterocycles. The van der Waals surface area contributed by atoms with Crippen molar-refractivity contribution in [1.29, 1.82) is 0 Å². The Bertz CT molecular complexity index is 303. The van der Waals surface area contributed by atoms with Gasteiger partial charge < -0.3 is 5.32 Å². The zero-order chi connectivity index (χ0) is 10.5. The highest BCUT2D eigenvalue weighted by Gasteiger charge is 2.12. The molecule has 15 heavy (non-hydrogen) atoms. The maximum atomic E-state index is 13.1. The molecule has 1 nitrogen and oxygen atoms in total. The molecule has 0 aliphatic carbocycles. The Labute approximate surface area is 90.7 Å². The van der Waals surface area contributed by atoms with Gasteiger partial charge in [-0.15, -0.1) is 0 Å². The number of benzene rings is 1. The summed E-state index contributed by atoms with van der Waals surface area (Å²) < 4.78 is 13.1. The highest BCUT2D eigenvalue weighted by atomic mass is 19.1. The van der Waals surface area contributed by atoms with Crippen LogP contribution in [0.2, 0.25) is 0 Å². The zero-order valence-electron chi connectivity index (χ0n) is 9.01. The maximum absolute atomic E-state index is 13.1.